The maximum absolute atomic E-state index is 11.9. The minimum atomic E-state index is -0.518. The number of hydrogen-bond acceptors (Lipinski definition) is 3. The SMILES string of the molecule is C=CC[C@]1(CNC(=O)OC(C)(C)C)CCCC1=O. The van der Waals surface area contributed by atoms with E-state index in [2.05, 4.69) is 11.9 Å². The maximum Gasteiger partial charge on any atom is 0.407 e. The molecular weight excluding hydrogens is 230 g/mol. The average molecular weight is 253 g/mol. The third-order valence-electron chi connectivity index (χ3n) is 3.16. The van der Waals surface area contributed by atoms with E-state index in [1.807, 2.05) is 20.8 Å². The highest BCUT2D eigenvalue weighted by molar-refractivity contribution is 5.87. The zero-order valence-corrected chi connectivity index (χ0v) is 11.5. The minimum Gasteiger partial charge on any atom is -0.444 e. The van der Waals surface area contributed by atoms with E-state index < -0.39 is 17.1 Å². The van der Waals surface area contributed by atoms with Gasteiger partial charge in [-0.2, -0.15) is 0 Å². The van der Waals surface area contributed by atoms with Gasteiger partial charge < -0.3 is 10.1 Å². The lowest BCUT2D eigenvalue weighted by Crippen LogP contribution is -2.42. The Morgan fingerprint density at radius 2 is 2.22 bits per heavy atom. The Hall–Kier alpha value is -1.32. The molecule has 0 aromatic rings. The van der Waals surface area contributed by atoms with E-state index in [1.165, 1.54) is 0 Å². The van der Waals surface area contributed by atoms with Gasteiger partial charge in [0.2, 0.25) is 0 Å². The first-order chi connectivity index (χ1) is 8.29. The molecule has 1 rings (SSSR count). The molecule has 4 nitrogen and oxygen atoms in total. The number of rotatable bonds is 4. The smallest absolute Gasteiger partial charge is 0.407 e. The number of carbonyl (C=O) groups excluding carboxylic acids is 2. The molecule has 0 aliphatic heterocycles. The van der Waals surface area contributed by atoms with Crippen LogP contribution in [0.2, 0.25) is 0 Å². The lowest BCUT2D eigenvalue weighted by molar-refractivity contribution is -0.125. The zero-order chi connectivity index (χ0) is 13.8. The van der Waals surface area contributed by atoms with Crippen LogP contribution in [0.15, 0.2) is 12.7 Å². The van der Waals surface area contributed by atoms with Crippen molar-refractivity contribution in [2.24, 2.45) is 5.41 Å². The highest BCUT2D eigenvalue weighted by atomic mass is 16.6. The van der Waals surface area contributed by atoms with Crippen LogP contribution in [0.1, 0.15) is 46.5 Å². The standard InChI is InChI=1S/C14H23NO3/c1-5-8-14(9-6-7-11(14)16)10-15-12(17)18-13(2,3)4/h5H,1,6-10H2,2-4H3,(H,15,17)/t14-/m1/s1. The normalized spacial score (nSPS) is 23.8. The Balaban J connectivity index is 2.56. The fourth-order valence-electron chi connectivity index (χ4n) is 2.30. The lowest BCUT2D eigenvalue weighted by atomic mass is 9.82. The van der Waals surface area contributed by atoms with E-state index in [1.54, 1.807) is 6.08 Å². The van der Waals surface area contributed by atoms with Crippen molar-refractivity contribution in [3.05, 3.63) is 12.7 Å². The molecule has 0 spiro atoms. The number of hydrogen-bond donors (Lipinski definition) is 1. The summed E-state index contributed by atoms with van der Waals surface area (Å²) in [6.45, 7) is 9.47. The van der Waals surface area contributed by atoms with Crippen LogP contribution in [0, 0.1) is 5.41 Å². The monoisotopic (exact) mass is 253 g/mol. The highest BCUT2D eigenvalue weighted by Gasteiger charge is 2.41. The molecule has 0 aromatic heterocycles. The van der Waals surface area contributed by atoms with Gasteiger partial charge in [-0.25, -0.2) is 4.79 Å². The molecule has 1 atom stereocenters. The summed E-state index contributed by atoms with van der Waals surface area (Å²) >= 11 is 0. The first-order valence-corrected chi connectivity index (χ1v) is 6.40. The summed E-state index contributed by atoms with van der Waals surface area (Å²) in [6.07, 6.45) is 4.20. The van der Waals surface area contributed by atoms with Gasteiger partial charge in [0.25, 0.3) is 0 Å². The van der Waals surface area contributed by atoms with Gasteiger partial charge in [0.15, 0.2) is 0 Å². The van der Waals surface area contributed by atoms with Gasteiger partial charge in [-0.1, -0.05) is 6.08 Å². The Kier molecular flexibility index (Phi) is 4.54. The Morgan fingerprint density at radius 3 is 2.67 bits per heavy atom. The van der Waals surface area contributed by atoms with Gasteiger partial charge in [-0.3, -0.25) is 4.79 Å². The van der Waals surface area contributed by atoms with Crippen molar-refractivity contribution in [2.75, 3.05) is 6.54 Å². The van der Waals surface area contributed by atoms with Crippen LogP contribution in [0.25, 0.3) is 0 Å². The molecule has 1 saturated carbocycles. The van der Waals surface area contributed by atoms with Crippen molar-refractivity contribution in [1.29, 1.82) is 0 Å². The second kappa shape index (κ2) is 5.55. The molecule has 1 aliphatic carbocycles. The molecule has 102 valence electrons. The van der Waals surface area contributed by atoms with E-state index in [0.717, 1.165) is 12.8 Å². The summed E-state index contributed by atoms with van der Waals surface area (Å²) in [4.78, 5) is 23.5. The third kappa shape index (κ3) is 3.86. The van der Waals surface area contributed by atoms with Crippen molar-refractivity contribution in [3.63, 3.8) is 0 Å². The van der Waals surface area contributed by atoms with Gasteiger partial charge in [0, 0.05) is 18.4 Å². The van der Waals surface area contributed by atoms with Crippen LogP contribution >= 0.6 is 0 Å². The first kappa shape index (κ1) is 14.7. The van der Waals surface area contributed by atoms with E-state index in [0.29, 0.717) is 19.4 Å². The molecule has 1 fully saturated rings. The van der Waals surface area contributed by atoms with Gasteiger partial charge in [0.05, 0.1) is 0 Å². The lowest BCUT2D eigenvalue weighted by Gasteiger charge is -2.27. The van der Waals surface area contributed by atoms with Crippen molar-refractivity contribution in [3.8, 4) is 0 Å². The molecule has 1 amide bonds. The van der Waals surface area contributed by atoms with Gasteiger partial charge in [-0.05, 0) is 40.0 Å². The number of Topliss-reactive ketones (excluding diaryl/α,β-unsaturated/α-hetero) is 1. The molecule has 0 aromatic carbocycles. The van der Waals surface area contributed by atoms with E-state index in [4.69, 9.17) is 4.74 Å². The molecule has 0 bridgehead atoms. The van der Waals surface area contributed by atoms with E-state index >= 15 is 0 Å². The van der Waals surface area contributed by atoms with Crippen molar-refractivity contribution >= 4 is 11.9 Å². The van der Waals surface area contributed by atoms with Crippen LogP contribution in [0.5, 0.6) is 0 Å². The average Bonchev–Trinajstić information content (AvgIpc) is 2.56. The molecule has 1 N–H and O–H groups in total. The maximum atomic E-state index is 11.9. The Bertz CT molecular complexity index is 343. The minimum absolute atomic E-state index is 0.221. The second-order valence-electron chi connectivity index (χ2n) is 5.91. The van der Waals surface area contributed by atoms with E-state index in [-0.39, 0.29) is 5.78 Å². The molecule has 0 unspecified atom stereocenters. The quantitative estimate of drug-likeness (QED) is 0.784. The molecule has 1 aliphatic rings. The summed E-state index contributed by atoms with van der Waals surface area (Å²) in [5.41, 5.74) is -0.978. The zero-order valence-electron chi connectivity index (χ0n) is 11.5. The predicted octanol–water partition coefficient (Wildman–Crippen LogP) is 2.83. The van der Waals surface area contributed by atoms with Crippen LogP contribution in [-0.2, 0) is 9.53 Å². The Labute approximate surface area is 109 Å². The summed E-state index contributed by atoms with van der Waals surface area (Å²) in [5, 5.41) is 2.71. The number of carbonyl (C=O) groups is 2. The number of ketones is 1. The number of amides is 1. The molecule has 18 heavy (non-hydrogen) atoms. The number of alkyl carbamates (subject to hydrolysis) is 1. The first-order valence-electron chi connectivity index (χ1n) is 6.40. The summed E-state index contributed by atoms with van der Waals surface area (Å²) in [7, 11) is 0. The van der Waals surface area contributed by atoms with E-state index in [9.17, 15) is 9.59 Å². The topological polar surface area (TPSA) is 55.4 Å². The fraction of sp³-hybridized carbons (Fsp3) is 0.714. The van der Waals surface area contributed by atoms with Crippen LogP contribution in [0.4, 0.5) is 4.79 Å². The van der Waals surface area contributed by atoms with Crippen molar-refractivity contribution in [1.82, 2.24) is 5.32 Å². The molecule has 0 heterocycles. The van der Waals surface area contributed by atoms with Crippen LogP contribution in [-0.4, -0.2) is 24.0 Å². The second-order valence-corrected chi connectivity index (χ2v) is 5.91. The van der Waals surface area contributed by atoms with Crippen LogP contribution in [0.3, 0.4) is 0 Å². The molecule has 0 radical (unpaired) electrons. The Morgan fingerprint density at radius 1 is 1.56 bits per heavy atom. The summed E-state index contributed by atoms with van der Waals surface area (Å²) in [6, 6.07) is 0. The van der Waals surface area contributed by atoms with Crippen molar-refractivity contribution < 1.29 is 14.3 Å². The van der Waals surface area contributed by atoms with Crippen molar-refractivity contribution in [2.45, 2.75) is 52.1 Å². The number of nitrogens with one attached hydrogen (secondary N) is 1. The third-order valence-corrected chi connectivity index (χ3v) is 3.16. The van der Waals surface area contributed by atoms with Gasteiger partial charge in [-0.15, -0.1) is 6.58 Å². The fourth-order valence-corrected chi connectivity index (χ4v) is 2.30. The molecular formula is C14H23NO3. The number of allylic oxidation sites excluding steroid dienone is 1. The van der Waals surface area contributed by atoms with Crippen LogP contribution < -0.4 is 5.32 Å². The molecule has 4 heteroatoms. The molecule has 0 saturated heterocycles. The largest absolute Gasteiger partial charge is 0.444 e. The highest BCUT2D eigenvalue weighted by Crippen LogP contribution is 2.37. The van der Waals surface area contributed by atoms with Gasteiger partial charge >= 0.3 is 6.09 Å². The van der Waals surface area contributed by atoms with Gasteiger partial charge in [0.1, 0.15) is 11.4 Å². The predicted molar refractivity (Wildman–Crippen MR) is 70.3 cm³/mol. The number of ether oxygens (including phenoxy) is 1. The summed E-state index contributed by atoms with van der Waals surface area (Å²) < 4.78 is 5.17. The summed E-state index contributed by atoms with van der Waals surface area (Å²) in [5.74, 6) is 0.221.